The zero-order valence-corrected chi connectivity index (χ0v) is 14.1. The third-order valence-electron chi connectivity index (χ3n) is 3.26. The molecule has 1 aromatic carbocycles. The highest BCUT2D eigenvalue weighted by molar-refractivity contribution is 9.10. The summed E-state index contributed by atoms with van der Waals surface area (Å²) in [5, 5.41) is 0. The van der Waals surface area contributed by atoms with Gasteiger partial charge in [0.15, 0.2) is 0 Å². The molecule has 0 aliphatic heterocycles. The Labute approximate surface area is 129 Å². The Morgan fingerprint density at radius 3 is 2.42 bits per heavy atom. The summed E-state index contributed by atoms with van der Waals surface area (Å²) in [6, 6.07) is 6.06. The molecule has 2 nitrogen and oxygen atoms in total. The van der Waals surface area contributed by atoms with Crippen LogP contribution in [0.15, 0.2) is 22.7 Å². The summed E-state index contributed by atoms with van der Waals surface area (Å²) in [4.78, 5) is 14.5. The van der Waals surface area contributed by atoms with E-state index < -0.39 is 0 Å². The zero-order valence-electron chi connectivity index (χ0n) is 11.7. The average Bonchev–Trinajstić information content (AvgIpc) is 2.37. The average molecular weight is 347 g/mol. The normalized spacial score (nSPS) is 10.8. The predicted octanol–water partition coefficient (Wildman–Crippen LogP) is 4.63. The van der Waals surface area contributed by atoms with Crippen LogP contribution in [-0.2, 0) is 0 Å². The number of carbonyl (C=O) groups excluding carboxylic acids is 1. The Bertz CT molecular complexity index is 412. The molecular formula is C15H21BrClNO. The van der Waals surface area contributed by atoms with Crippen molar-refractivity contribution < 1.29 is 4.79 Å². The molecule has 1 rings (SSSR count). The van der Waals surface area contributed by atoms with Crippen LogP contribution in [0.1, 0.15) is 42.6 Å². The van der Waals surface area contributed by atoms with Crippen molar-refractivity contribution in [2.45, 2.75) is 39.7 Å². The van der Waals surface area contributed by atoms with Crippen molar-refractivity contribution in [1.82, 2.24) is 4.90 Å². The molecule has 0 radical (unpaired) electrons. The lowest BCUT2D eigenvalue weighted by atomic mass is 10.1. The number of alkyl halides is 1. The van der Waals surface area contributed by atoms with Crippen LogP contribution in [0, 0.1) is 6.92 Å². The van der Waals surface area contributed by atoms with Gasteiger partial charge in [0.2, 0.25) is 0 Å². The highest BCUT2D eigenvalue weighted by atomic mass is 79.9. The first-order valence-electron chi connectivity index (χ1n) is 6.67. The van der Waals surface area contributed by atoms with Crippen LogP contribution < -0.4 is 0 Å². The molecule has 0 fully saturated rings. The molecular weight excluding hydrogens is 326 g/mol. The monoisotopic (exact) mass is 345 g/mol. The fourth-order valence-electron chi connectivity index (χ4n) is 2.30. The van der Waals surface area contributed by atoms with Gasteiger partial charge in [-0.05, 0) is 43.5 Å². The second kappa shape index (κ2) is 7.91. The van der Waals surface area contributed by atoms with E-state index in [1.165, 1.54) is 0 Å². The van der Waals surface area contributed by atoms with E-state index in [-0.39, 0.29) is 11.9 Å². The van der Waals surface area contributed by atoms with Crippen LogP contribution in [-0.4, -0.2) is 29.3 Å². The van der Waals surface area contributed by atoms with E-state index in [0.29, 0.717) is 12.4 Å². The van der Waals surface area contributed by atoms with Gasteiger partial charge in [-0.1, -0.05) is 29.8 Å². The van der Waals surface area contributed by atoms with E-state index in [2.05, 4.69) is 29.8 Å². The zero-order chi connectivity index (χ0) is 14.4. The van der Waals surface area contributed by atoms with Gasteiger partial charge in [0.1, 0.15) is 0 Å². The first-order valence-corrected chi connectivity index (χ1v) is 8.00. The van der Waals surface area contributed by atoms with Gasteiger partial charge < -0.3 is 4.90 Å². The minimum absolute atomic E-state index is 0.0683. The van der Waals surface area contributed by atoms with Crippen molar-refractivity contribution >= 4 is 33.4 Å². The molecule has 0 atom stereocenters. The van der Waals surface area contributed by atoms with Crippen molar-refractivity contribution in [1.29, 1.82) is 0 Å². The van der Waals surface area contributed by atoms with Gasteiger partial charge in [-0.25, -0.2) is 0 Å². The van der Waals surface area contributed by atoms with Crippen LogP contribution in [0.2, 0.25) is 0 Å². The molecule has 1 amide bonds. The summed E-state index contributed by atoms with van der Waals surface area (Å²) in [5.74, 6) is 0.536. The van der Waals surface area contributed by atoms with Crippen molar-refractivity contribution in [3.63, 3.8) is 0 Å². The molecule has 0 saturated carbocycles. The largest absolute Gasteiger partial charge is 0.334 e. The topological polar surface area (TPSA) is 20.3 Å². The van der Waals surface area contributed by atoms with E-state index in [9.17, 15) is 4.79 Å². The van der Waals surface area contributed by atoms with Gasteiger partial charge in [0, 0.05) is 28.5 Å². The molecule has 19 heavy (non-hydrogen) atoms. The third-order valence-corrected chi connectivity index (χ3v) is 3.89. The Morgan fingerprint density at radius 2 is 1.95 bits per heavy atom. The number of amides is 1. The molecule has 106 valence electrons. The standard InChI is InChI=1S/C15H21BrClNO/c1-4-14(5-2)18(7-6-17)15(19)12-8-11(3)9-13(16)10-12/h8-10,14H,4-7H2,1-3H3. The number of halogens is 2. The van der Waals surface area contributed by atoms with Crippen LogP contribution in [0.25, 0.3) is 0 Å². The molecule has 4 heteroatoms. The number of aryl methyl sites for hydroxylation is 1. The molecule has 0 saturated heterocycles. The fraction of sp³-hybridized carbons (Fsp3) is 0.533. The second-order valence-corrected chi connectivity index (χ2v) is 5.97. The number of hydrogen-bond acceptors (Lipinski definition) is 1. The number of nitrogens with zero attached hydrogens (tertiary/aromatic N) is 1. The minimum Gasteiger partial charge on any atom is -0.334 e. The molecule has 0 aliphatic rings. The maximum atomic E-state index is 12.6. The molecule has 0 bridgehead atoms. The minimum atomic E-state index is 0.0683. The van der Waals surface area contributed by atoms with E-state index >= 15 is 0 Å². The van der Waals surface area contributed by atoms with Gasteiger partial charge in [-0.2, -0.15) is 0 Å². The molecule has 1 aromatic rings. The molecule has 0 unspecified atom stereocenters. The lowest BCUT2D eigenvalue weighted by molar-refractivity contribution is 0.0681. The van der Waals surface area contributed by atoms with E-state index in [0.717, 1.165) is 28.4 Å². The molecule has 0 spiro atoms. The quantitative estimate of drug-likeness (QED) is 0.688. The molecule has 0 aromatic heterocycles. The Hall–Kier alpha value is -0.540. The summed E-state index contributed by atoms with van der Waals surface area (Å²) >= 11 is 9.29. The van der Waals surface area contributed by atoms with Crippen LogP contribution >= 0.6 is 27.5 Å². The SMILES string of the molecule is CCC(CC)N(CCCl)C(=O)c1cc(C)cc(Br)c1. The van der Waals surface area contributed by atoms with Crippen LogP contribution in [0.3, 0.4) is 0 Å². The van der Waals surface area contributed by atoms with Gasteiger partial charge in [0.25, 0.3) is 5.91 Å². The number of carbonyl (C=O) groups is 1. The van der Waals surface area contributed by atoms with E-state index in [1.54, 1.807) is 0 Å². The lowest BCUT2D eigenvalue weighted by Crippen LogP contribution is -2.41. The van der Waals surface area contributed by atoms with Gasteiger partial charge in [-0.3, -0.25) is 4.79 Å². The number of benzene rings is 1. The van der Waals surface area contributed by atoms with Crippen LogP contribution in [0.4, 0.5) is 0 Å². The summed E-state index contributed by atoms with van der Waals surface area (Å²) in [6.07, 6.45) is 1.90. The third kappa shape index (κ3) is 4.50. The summed E-state index contributed by atoms with van der Waals surface area (Å²) in [5.41, 5.74) is 1.80. The van der Waals surface area contributed by atoms with Gasteiger partial charge in [-0.15, -0.1) is 11.6 Å². The number of rotatable bonds is 6. The first kappa shape index (κ1) is 16.5. The Balaban J connectivity index is 3.04. The summed E-state index contributed by atoms with van der Waals surface area (Å²) < 4.78 is 0.936. The van der Waals surface area contributed by atoms with Crippen molar-refractivity contribution in [3.05, 3.63) is 33.8 Å². The smallest absolute Gasteiger partial charge is 0.254 e. The number of hydrogen-bond donors (Lipinski definition) is 0. The lowest BCUT2D eigenvalue weighted by Gasteiger charge is -2.30. The maximum absolute atomic E-state index is 12.6. The van der Waals surface area contributed by atoms with Crippen molar-refractivity contribution in [2.75, 3.05) is 12.4 Å². The fourth-order valence-corrected chi connectivity index (χ4v) is 3.09. The van der Waals surface area contributed by atoms with Gasteiger partial charge >= 0.3 is 0 Å². The highest BCUT2D eigenvalue weighted by Crippen LogP contribution is 2.19. The van der Waals surface area contributed by atoms with Gasteiger partial charge in [0.05, 0.1) is 0 Å². The molecule has 0 aliphatic carbocycles. The Morgan fingerprint density at radius 1 is 1.32 bits per heavy atom. The summed E-state index contributed by atoms with van der Waals surface area (Å²) in [7, 11) is 0. The van der Waals surface area contributed by atoms with E-state index in [4.69, 9.17) is 11.6 Å². The van der Waals surface area contributed by atoms with Crippen molar-refractivity contribution in [3.8, 4) is 0 Å². The second-order valence-electron chi connectivity index (χ2n) is 4.68. The Kier molecular flexibility index (Phi) is 6.87. The maximum Gasteiger partial charge on any atom is 0.254 e. The van der Waals surface area contributed by atoms with Crippen LogP contribution in [0.5, 0.6) is 0 Å². The summed E-state index contributed by atoms with van der Waals surface area (Å²) in [6.45, 7) is 6.80. The van der Waals surface area contributed by atoms with E-state index in [1.807, 2.05) is 30.0 Å². The molecule has 0 N–H and O–H groups in total. The predicted molar refractivity (Wildman–Crippen MR) is 85.0 cm³/mol. The molecule has 0 heterocycles. The van der Waals surface area contributed by atoms with Crippen molar-refractivity contribution in [2.24, 2.45) is 0 Å². The first-order chi connectivity index (χ1) is 9.03. The highest BCUT2D eigenvalue weighted by Gasteiger charge is 2.22.